The SMILES string of the molecule is CCCOc1cc(C)nc(NCC(O)(CC)CC)n1. The second kappa shape index (κ2) is 7.28. The molecule has 0 fully saturated rings. The largest absolute Gasteiger partial charge is 0.478 e. The number of hydrogen-bond donors (Lipinski definition) is 2. The molecule has 108 valence electrons. The molecule has 0 unspecified atom stereocenters. The van der Waals surface area contributed by atoms with E-state index in [4.69, 9.17) is 4.74 Å². The molecule has 0 aliphatic heterocycles. The molecular formula is C14H25N3O2. The molecule has 0 bridgehead atoms. The second-order valence-corrected chi connectivity index (χ2v) is 4.80. The van der Waals surface area contributed by atoms with Crippen LogP contribution >= 0.6 is 0 Å². The van der Waals surface area contributed by atoms with Crippen molar-refractivity contribution in [3.8, 4) is 5.88 Å². The van der Waals surface area contributed by atoms with Crippen LogP contribution in [0.25, 0.3) is 0 Å². The van der Waals surface area contributed by atoms with Crippen LogP contribution in [0, 0.1) is 6.92 Å². The molecule has 0 radical (unpaired) electrons. The minimum atomic E-state index is -0.711. The van der Waals surface area contributed by atoms with Crippen LogP contribution in [0.15, 0.2) is 6.07 Å². The van der Waals surface area contributed by atoms with Crippen LogP contribution in [0.5, 0.6) is 5.88 Å². The molecule has 0 spiro atoms. The van der Waals surface area contributed by atoms with Crippen LogP contribution in [-0.4, -0.2) is 33.8 Å². The summed E-state index contributed by atoms with van der Waals surface area (Å²) in [4.78, 5) is 8.59. The quantitative estimate of drug-likeness (QED) is 0.757. The lowest BCUT2D eigenvalue weighted by atomic mass is 9.98. The van der Waals surface area contributed by atoms with Crippen LogP contribution in [-0.2, 0) is 0 Å². The third-order valence-electron chi connectivity index (χ3n) is 3.18. The summed E-state index contributed by atoms with van der Waals surface area (Å²) in [6, 6.07) is 1.81. The smallest absolute Gasteiger partial charge is 0.226 e. The third-order valence-corrected chi connectivity index (χ3v) is 3.18. The highest BCUT2D eigenvalue weighted by atomic mass is 16.5. The molecule has 5 nitrogen and oxygen atoms in total. The lowest BCUT2D eigenvalue weighted by Crippen LogP contribution is -2.35. The van der Waals surface area contributed by atoms with Crippen molar-refractivity contribution < 1.29 is 9.84 Å². The molecule has 19 heavy (non-hydrogen) atoms. The van der Waals surface area contributed by atoms with E-state index in [-0.39, 0.29) is 0 Å². The number of nitrogens with zero attached hydrogens (tertiary/aromatic N) is 2. The van der Waals surface area contributed by atoms with Gasteiger partial charge in [0, 0.05) is 18.3 Å². The van der Waals surface area contributed by atoms with Gasteiger partial charge >= 0.3 is 0 Å². The first kappa shape index (κ1) is 15.7. The molecular weight excluding hydrogens is 242 g/mol. The Kier molecular flexibility index (Phi) is 6.02. The van der Waals surface area contributed by atoms with E-state index in [1.807, 2.05) is 26.8 Å². The van der Waals surface area contributed by atoms with E-state index >= 15 is 0 Å². The summed E-state index contributed by atoms with van der Waals surface area (Å²) in [6.45, 7) is 8.98. The number of aliphatic hydroxyl groups is 1. The number of hydrogen-bond acceptors (Lipinski definition) is 5. The third kappa shape index (κ3) is 5.03. The van der Waals surface area contributed by atoms with Crippen molar-refractivity contribution >= 4 is 5.95 Å². The van der Waals surface area contributed by atoms with E-state index < -0.39 is 5.60 Å². The van der Waals surface area contributed by atoms with Gasteiger partial charge in [-0.3, -0.25) is 0 Å². The van der Waals surface area contributed by atoms with Gasteiger partial charge in [0.25, 0.3) is 0 Å². The van der Waals surface area contributed by atoms with Crippen molar-refractivity contribution in [2.45, 2.75) is 52.6 Å². The summed E-state index contributed by atoms with van der Waals surface area (Å²) in [5.74, 6) is 1.08. The fourth-order valence-corrected chi connectivity index (χ4v) is 1.64. The molecule has 2 N–H and O–H groups in total. The summed E-state index contributed by atoms with van der Waals surface area (Å²) < 4.78 is 5.51. The van der Waals surface area contributed by atoms with Crippen molar-refractivity contribution in [2.24, 2.45) is 0 Å². The molecule has 0 aliphatic rings. The minimum Gasteiger partial charge on any atom is -0.478 e. The summed E-state index contributed by atoms with van der Waals surface area (Å²) in [5.41, 5.74) is 0.137. The first-order valence-corrected chi connectivity index (χ1v) is 6.97. The molecule has 0 atom stereocenters. The van der Waals surface area contributed by atoms with E-state index in [1.165, 1.54) is 0 Å². The van der Waals surface area contributed by atoms with Crippen molar-refractivity contribution in [1.82, 2.24) is 9.97 Å². The summed E-state index contributed by atoms with van der Waals surface area (Å²) in [6.07, 6.45) is 2.33. The second-order valence-electron chi connectivity index (χ2n) is 4.80. The maximum Gasteiger partial charge on any atom is 0.226 e. The van der Waals surface area contributed by atoms with Crippen LogP contribution in [0.2, 0.25) is 0 Å². The molecule has 0 amide bonds. The number of aromatic nitrogens is 2. The summed E-state index contributed by atoms with van der Waals surface area (Å²) in [7, 11) is 0. The predicted octanol–water partition coefficient (Wildman–Crippen LogP) is 2.54. The highest BCUT2D eigenvalue weighted by Gasteiger charge is 2.22. The monoisotopic (exact) mass is 267 g/mol. The predicted molar refractivity (Wildman–Crippen MR) is 76.6 cm³/mol. The van der Waals surface area contributed by atoms with E-state index in [2.05, 4.69) is 22.2 Å². The highest BCUT2D eigenvalue weighted by Crippen LogP contribution is 2.17. The molecule has 0 aromatic carbocycles. The van der Waals surface area contributed by atoms with Crippen molar-refractivity contribution in [3.63, 3.8) is 0 Å². The first-order valence-electron chi connectivity index (χ1n) is 6.97. The van der Waals surface area contributed by atoms with Gasteiger partial charge in [-0.25, -0.2) is 4.98 Å². The van der Waals surface area contributed by atoms with Gasteiger partial charge in [-0.1, -0.05) is 20.8 Å². The molecule has 5 heteroatoms. The number of aryl methyl sites for hydroxylation is 1. The first-order chi connectivity index (χ1) is 9.03. The Balaban J connectivity index is 2.70. The fraction of sp³-hybridized carbons (Fsp3) is 0.714. The zero-order valence-corrected chi connectivity index (χ0v) is 12.4. The number of anilines is 1. The summed E-state index contributed by atoms with van der Waals surface area (Å²) in [5, 5.41) is 13.3. The van der Waals surface area contributed by atoms with Gasteiger partial charge < -0.3 is 15.2 Å². The molecule has 1 aromatic heterocycles. The molecule has 0 saturated carbocycles. The lowest BCUT2D eigenvalue weighted by Gasteiger charge is -2.25. The standard InChI is InChI=1S/C14H25N3O2/c1-5-8-19-12-9-11(4)16-13(17-12)15-10-14(18,6-2)7-3/h9,18H,5-8,10H2,1-4H3,(H,15,16,17). The zero-order chi connectivity index (χ0) is 14.3. The molecule has 1 heterocycles. The minimum absolute atomic E-state index is 0.441. The highest BCUT2D eigenvalue weighted by molar-refractivity contribution is 5.31. The van der Waals surface area contributed by atoms with E-state index in [0.29, 0.717) is 37.8 Å². The lowest BCUT2D eigenvalue weighted by molar-refractivity contribution is 0.0455. The van der Waals surface area contributed by atoms with Crippen molar-refractivity contribution in [1.29, 1.82) is 0 Å². The van der Waals surface area contributed by atoms with Crippen LogP contribution in [0.4, 0.5) is 5.95 Å². The molecule has 0 aliphatic carbocycles. The Morgan fingerprint density at radius 1 is 1.26 bits per heavy atom. The van der Waals surface area contributed by atoms with E-state index in [1.54, 1.807) is 0 Å². The Hall–Kier alpha value is -1.36. The fourth-order valence-electron chi connectivity index (χ4n) is 1.64. The topological polar surface area (TPSA) is 67.3 Å². The normalized spacial score (nSPS) is 11.4. The Bertz CT molecular complexity index is 392. The average molecular weight is 267 g/mol. The Morgan fingerprint density at radius 3 is 2.53 bits per heavy atom. The van der Waals surface area contributed by atoms with Gasteiger partial charge in [0.05, 0.1) is 12.2 Å². The van der Waals surface area contributed by atoms with Gasteiger partial charge in [-0.2, -0.15) is 4.98 Å². The van der Waals surface area contributed by atoms with Crippen molar-refractivity contribution in [2.75, 3.05) is 18.5 Å². The van der Waals surface area contributed by atoms with Gasteiger partial charge in [0.1, 0.15) is 0 Å². The number of rotatable bonds is 8. The van der Waals surface area contributed by atoms with Crippen LogP contribution < -0.4 is 10.1 Å². The van der Waals surface area contributed by atoms with Gasteiger partial charge in [0.15, 0.2) is 0 Å². The van der Waals surface area contributed by atoms with Crippen LogP contribution in [0.3, 0.4) is 0 Å². The zero-order valence-electron chi connectivity index (χ0n) is 12.4. The van der Waals surface area contributed by atoms with E-state index in [9.17, 15) is 5.11 Å². The van der Waals surface area contributed by atoms with Gasteiger partial charge in [-0.05, 0) is 26.2 Å². The number of ether oxygens (including phenoxy) is 1. The Labute approximate surface area is 115 Å². The van der Waals surface area contributed by atoms with Crippen LogP contribution in [0.1, 0.15) is 45.7 Å². The molecule has 0 saturated heterocycles. The number of nitrogens with one attached hydrogen (secondary N) is 1. The maximum absolute atomic E-state index is 10.2. The summed E-state index contributed by atoms with van der Waals surface area (Å²) >= 11 is 0. The molecule has 1 rings (SSSR count). The van der Waals surface area contributed by atoms with E-state index in [0.717, 1.165) is 12.1 Å². The average Bonchev–Trinajstić information content (AvgIpc) is 2.42. The van der Waals surface area contributed by atoms with Gasteiger partial charge in [-0.15, -0.1) is 0 Å². The maximum atomic E-state index is 10.2. The molecule has 1 aromatic rings. The Morgan fingerprint density at radius 2 is 1.95 bits per heavy atom. The van der Waals surface area contributed by atoms with Gasteiger partial charge in [0.2, 0.25) is 11.8 Å². The van der Waals surface area contributed by atoms with Crippen molar-refractivity contribution in [3.05, 3.63) is 11.8 Å².